The van der Waals surface area contributed by atoms with Crippen LogP contribution in [0, 0.1) is 0 Å². The Morgan fingerprint density at radius 1 is 0.857 bits per heavy atom. The van der Waals surface area contributed by atoms with Gasteiger partial charge in [-0.05, 0) is 34.6 Å². The van der Waals surface area contributed by atoms with E-state index < -0.39 is 17.7 Å². The van der Waals surface area contributed by atoms with Gasteiger partial charge in [0.15, 0.2) is 23.0 Å². The molecule has 9 nitrogen and oxygen atoms in total. The molecule has 0 aromatic heterocycles. The first-order valence-corrected chi connectivity index (χ1v) is 11.9. The van der Waals surface area contributed by atoms with Gasteiger partial charge in [-0.1, -0.05) is 23.2 Å². The van der Waals surface area contributed by atoms with Gasteiger partial charge in [-0.3, -0.25) is 9.59 Å². The van der Waals surface area contributed by atoms with E-state index in [4.69, 9.17) is 42.1 Å². The Bertz CT molecular complexity index is 1050. The predicted octanol–water partition coefficient (Wildman–Crippen LogP) is 6.27. The zero-order valence-corrected chi connectivity index (χ0v) is 21.8. The first kappa shape index (κ1) is 28.2. The van der Waals surface area contributed by atoms with Crippen molar-refractivity contribution in [1.29, 1.82) is 0 Å². The number of Topliss-reactive ketones (excluding diaryl/α,β-unsaturated/α-hetero) is 1. The fourth-order valence-corrected chi connectivity index (χ4v) is 3.45. The first-order chi connectivity index (χ1) is 16.7. The Morgan fingerprint density at radius 3 is 1.91 bits per heavy atom. The lowest BCUT2D eigenvalue weighted by atomic mass is 10.2. The summed E-state index contributed by atoms with van der Waals surface area (Å²) in [5.74, 6) is 0.128. The quantitative estimate of drug-likeness (QED) is 0.244. The summed E-state index contributed by atoms with van der Waals surface area (Å²) in [6, 6.07) is 4.79. The van der Waals surface area contributed by atoms with E-state index in [0.717, 1.165) is 0 Å². The molecule has 2 rings (SSSR count). The van der Waals surface area contributed by atoms with Crippen LogP contribution in [-0.2, 0) is 9.59 Å². The van der Waals surface area contributed by atoms with Crippen LogP contribution in [0.2, 0.25) is 10.0 Å². The van der Waals surface area contributed by atoms with Crippen LogP contribution in [-0.4, -0.2) is 44.2 Å². The molecule has 11 heteroatoms. The maximum Gasteiger partial charge on any atom is 0.258 e. The topological polar surface area (TPSA) is 108 Å². The van der Waals surface area contributed by atoms with Gasteiger partial charge >= 0.3 is 0 Å². The molecular formula is C24H29Cl2N3O6. The third-order valence-corrected chi connectivity index (χ3v) is 4.91. The van der Waals surface area contributed by atoms with Crippen LogP contribution in [0.25, 0.3) is 0 Å². The molecule has 0 fully saturated rings. The average Bonchev–Trinajstić information content (AvgIpc) is 2.78. The van der Waals surface area contributed by atoms with Crippen LogP contribution < -0.4 is 24.3 Å². The molecule has 1 N–H and O–H groups in total. The van der Waals surface area contributed by atoms with Gasteiger partial charge in [0.1, 0.15) is 17.2 Å². The maximum atomic E-state index is 13.1. The maximum absolute atomic E-state index is 13.1. The van der Waals surface area contributed by atoms with Crippen molar-refractivity contribution in [2.45, 2.75) is 40.7 Å². The number of hydrogen-bond donors (Lipinski definition) is 1. The summed E-state index contributed by atoms with van der Waals surface area (Å²) in [6.07, 6.45) is 0. The van der Waals surface area contributed by atoms with E-state index in [2.05, 4.69) is 15.5 Å². The van der Waals surface area contributed by atoms with Crippen LogP contribution in [0.4, 0.5) is 11.4 Å². The molecule has 0 bridgehead atoms. The highest BCUT2D eigenvalue weighted by Gasteiger charge is 2.26. The van der Waals surface area contributed by atoms with Gasteiger partial charge in [0, 0.05) is 29.3 Å². The van der Waals surface area contributed by atoms with Crippen molar-refractivity contribution >= 4 is 46.3 Å². The second-order valence-corrected chi connectivity index (χ2v) is 7.82. The van der Waals surface area contributed by atoms with Crippen molar-refractivity contribution in [3.63, 3.8) is 0 Å². The van der Waals surface area contributed by atoms with E-state index in [0.29, 0.717) is 54.4 Å². The summed E-state index contributed by atoms with van der Waals surface area (Å²) in [6.45, 7) is 9.87. The molecule has 0 saturated carbocycles. The number of nitrogens with zero attached hydrogens (tertiary/aromatic N) is 2. The molecule has 1 amide bonds. The van der Waals surface area contributed by atoms with Gasteiger partial charge < -0.3 is 24.3 Å². The van der Waals surface area contributed by atoms with E-state index in [1.165, 1.54) is 6.92 Å². The summed E-state index contributed by atoms with van der Waals surface area (Å²) in [7, 11) is 0. The summed E-state index contributed by atoms with van der Waals surface area (Å²) >= 11 is 12.5. The van der Waals surface area contributed by atoms with Crippen LogP contribution in [0.3, 0.4) is 0 Å². The van der Waals surface area contributed by atoms with Gasteiger partial charge in [0.25, 0.3) is 5.91 Å². The van der Waals surface area contributed by atoms with Crippen molar-refractivity contribution in [1.82, 2.24) is 0 Å². The van der Waals surface area contributed by atoms with Crippen LogP contribution >= 0.6 is 23.2 Å². The van der Waals surface area contributed by atoms with E-state index in [-0.39, 0.29) is 16.4 Å². The smallest absolute Gasteiger partial charge is 0.258 e. The largest absolute Gasteiger partial charge is 0.494 e. The van der Waals surface area contributed by atoms with Crippen molar-refractivity contribution in [3.05, 3.63) is 34.3 Å². The third kappa shape index (κ3) is 7.73. The molecule has 35 heavy (non-hydrogen) atoms. The van der Waals surface area contributed by atoms with Crippen molar-refractivity contribution in [2.24, 2.45) is 10.2 Å². The van der Waals surface area contributed by atoms with Crippen LogP contribution in [0.15, 0.2) is 34.5 Å². The lowest BCUT2D eigenvalue weighted by molar-refractivity contribution is -0.126. The number of carbonyl (C=O) groups excluding carboxylic acids is 2. The summed E-state index contributed by atoms with van der Waals surface area (Å²) < 4.78 is 22.3. The Labute approximate surface area is 214 Å². The molecule has 2 aromatic carbocycles. The summed E-state index contributed by atoms with van der Waals surface area (Å²) in [5, 5.41) is 11.3. The number of azo groups is 1. The van der Waals surface area contributed by atoms with Gasteiger partial charge in [0.2, 0.25) is 6.04 Å². The number of hydrogen-bond acceptors (Lipinski definition) is 8. The summed E-state index contributed by atoms with van der Waals surface area (Å²) in [4.78, 5) is 25.4. The highest BCUT2D eigenvalue weighted by Crippen LogP contribution is 2.41. The number of benzene rings is 2. The van der Waals surface area contributed by atoms with Crippen molar-refractivity contribution < 1.29 is 28.5 Å². The molecule has 190 valence electrons. The molecule has 0 heterocycles. The number of halogens is 2. The number of amides is 1. The van der Waals surface area contributed by atoms with E-state index in [9.17, 15) is 9.59 Å². The lowest BCUT2D eigenvalue weighted by Crippen LogP contribution is -2.32. The fourth-order valence-electron chi connectivity index (χ4n) is 3.00. The van der Waals surface area contributed by atoms with E-state index in [1.807, 2.05) is 6.92 Å². The second-order valence-electron chi connectivity index (χ2n) is 6.98. The zero-order valence-electron chi connectivity index (χ0n) is 20.3. The van der Waals surface area contributed by atoms with Gasteiger partial charge in [-0.2, -0.15) is 5.11 Å². The third-order valence-electron chi connectivity index (χ3n) is 4.40. The lowest BCUT2D eigenvalue weighted by Gasteiger charge is -2.17. The molecule has 0 radical (unpaired) electrons. The van der Waals surface area contributed by atoms with E-state index >= 15 is 0 Å². The van der Waals surface area contributed by atoms with Crippen molar-refractivity contribution in [2.75, 3.05) is 31.7 Å². The molecule has 1 atom stereocenters. The Morgan fingerprint density at radius 2 is 1.40 bits per heavy atom. The van der Waals surface area contributed by atoms with Crippen LogP contribution in [0.1, 0.15) is 34.6 Å². The molecular weight excluding hydrogens is 497 g/mol. The minimum Gasteiger partial charge on any atom is -0.494 e. The Hall–Kier alpha value is -3.04. The molecule has 0 aliphatic carbocycles. The summed E-state index contributed by atoms with van der Waals surface area (Å²) in [5.41, 5.74) is 0.408. The number of anilines is 1. The Balaban J connectivity index is 2.42. The predicted molar refractivity (Wildman–Crippen MR) is 135 cm³/mol. The van der Waals surface area contributed by atoms with E-state index in [1.54, 1.807) is 45.0 Å². The standard InChI is InChI=1S/C24H29Cl2N3O6/c1-6-32-16-12-17(26)22(20(13-16)35-9-4)27-24(31)21(14(5)30)28-29-23-18(33-7-2)10-15(25)11-19(23)34-8-3/h10-13,21H,6-9H2,1-5H3,(H,27,31). The number of rotatable bonds is 13. The number of nitrogens with one attached hydrogen (secondary N) is 1. The molecule has 0 aliphatic heterocycles. The average molecular weight is 526 g/mol. The highest BCUT2D eigenvalue weighted by molar-refractivity contribution is 6.34. The Kier molecular flexibility index (Phi) is 11.1. The zero-order chi connectivity index (χ0) is 26.0. The highest BCUT2D eigenvalue weighted by atomic mass is 35.5. The minimum atomic E-state index is -1.47. The van der Waals surface area contributed by atoms with Crippen LogP contribution in [0.5, 0.6) is 23.0 Å². The van der Waals surface area contributed by atoms with Gasteiger partial charge in [0.05, 0.1) is 31.5 Å². The second kappa shape index (κ2) is 13.7. The monoisotopic (exact) mass is 525 g/mol. The minimum absolute atomic E-state index is 0.182. The molecule has 2 aromatic rings. The molecule has 0 saturated heterocycles. The molecule has 1 unspecified atom stereocenters. The molecule has 0 spiro atoms. The number of ether oxygens (including phenoxy) is 4. The fraction of sp³-hybridized carbons (Fsp3) is 0.417. The first-order valence-electron chi connectivity index (χ1n) is 11.2. The SMILES string of the molecule is CCOc1cc(Cl)c(NC(=O)C(N=Nc2c(OCC)cc(Cl)cc2OCC)C(C)=O)c(OCC)c1. The van der Waals surface area contributed by atoms with Crippen molar-refractivity contribution in [3.8, 4) is 23.0 Å². The number of ketones is 1. The van der Waals surface area contributed by atoms with Gasteiger partial charge in [-0.15, -0.1) is 5.11 Å². The number of carbonyl (C=O) groups is 2. The molecule has 0 aliphatic rings. The normalized spacial score (nSPS) is 11.7. The van der Waals surface area contributed by atoms with Gasteiger partial charge in [-0.25, -0.2) is 0 Å².